The van der Waals surface area contributed by atoms with E-state index < -0.39 is 10.0 Å². The first kappa shape index (κ1) is 14.9. The van der Waals surface area contributed by atoms with E-state index in [2.05, 4.69) is 0 Å². The third-order valence-electron chi connectivity index (χ3n) is 3.60. The summed E-state index contributed by atoms with van der Waals surface area (Å²) in [5, 5.41) is 0. The standard InChI is InChI=1S/C12H26N2O2S/c1-12(2,9-13)10-14(3)17(15,16)8-11-6-4-5-7-11/h11H,4-10,13H2,1-3H3. The summed E-state index contributed by atoms with van der Waals surface area (Å²) >= 11 is 0. The highest BCUT2D eigenvalue weighted by atomic mass is 32.2. The molecule has 5 heteroatoms. The summed E-state index contributed by atoms with van der Waals surface area (Å²) < 4.78 is 25.8. The van der Waals surface area contributed by atoms with E-state index in [9.17, 15) is 8.42 Å². The van der Waals surface area contributed by atoms with Gasteiger partial charge in [0, 0.05) is 13.6 Å². The molecule has 0 saturated heterocycles. The van der Waals surface area contributed by atoms with E-state index >= 15 is 0 Å². The Morgan fingerprint density at radius 3 is 2.29 bits per heavy atom. The van der Waals surface area contributed by atoms with Gasteiger partial charge in [0.2, 0.25) is 10.0 Å². The average molecular weight is 262 g/mol. The molecule has 0 atom stereocenters. The van der Waals surface area contributed by atoms with E-state index in [1.54, 1.807) is 7.05 Å². The third-order valence-corrected chi connectivity index (χ3v) is 5.57. The van der Waals surface area contributed by atoms with Crippen molar-refractivity contribution >= 4 is 10.0 Å². The molecule has 4 nitrogen and oxygen atoms in total. The van der Waals surface area contributed by atoms with Gasteiger partial charge in [-0.05, 0) is 30.7 Å². The Kier molecular flexibility index (Phi) is 4.98. The number of hydrogen-bond acceptors (Lipinski definition) is 3. The lowest BCUT2D eigenvalue weighted by Gasteiger charge is -2.29. The van der Waals surface area contributed by atoms with Gasteiger partial charge < -0.3 is 5.73 Å². The van der Waals surface area contributed by atoms with Gasteiger partial charge in [0.1, 0.15) is 0 Å². The Bertz CT molecular complexity index is 332. The van der Waals surface area contributed by atoms with Crippen molar-refractivity contribution in [3.05, 3.63) is 0 Å². The van der Waals surface area contributed by atoms with Crippen LogP contribution in [-0.4, -0.2) is 38.6 Å². The van der Waals surface area contributed by atoms with Crippen LogP contribution in [0.15, 0.2) is 0 Å². The quantitative estimate of drug-likeness (QED) is 0.787. The largest absolute Gasteiger partial charge is 0.330 e. The van der Waals surface area contributed by atoms with E-state index in [0.29, 0.717) is 24.8 Å². The van der Waals surface area contributed by atoms with Gasteiger partial charge in [0.15, 0.2) is 0 Å². The van der Waals surface area contributed by atoms with Crippen molar-refractivity contribution in [3.63, 3.8) is 0 Å². The zero-order valence-corrected chi connectivity index (χ0v) is 12.1. The fraction of sp³-hybridized carbons (Fsp3) is 1.00. The summed E-state index contributed by atoms with van der Waals surface area (Å²) in [4.78, 5) is 0. The lowest BCUT2D eigenvalue weighted by Crippen LogP contribution is -2.41. The Morgan fingerprint density at radius 2 is 1.82 bits per heavy atom. The Hall–Kier alpha value is -0.130. The van der Waals surface area contributed by atoms with E-state index in [1.807, 2.05) is 13.8 Å². The molecule has 1 saturated carbocycles. The highest BCUT2D eigenvalue weighted by molar-refractivity contribution is 7.89. The van der Waals surface area contributed by atoms with Crippen LogP contribution in [0.4, 0.5) is 0 Å². The van der Waals surface area contributed by atoms with Gasteiger partial charge in [-0.15, -0.1) is 0 Å². The molecule has 1 rings (SSSR count). The Labute approximate surface area is 106 Å². The van der Waals surface area contributed by atoms with Gasteiger partial charge >= 0.3 is 0 Å². The first-order valence-electron chi connectivity index (χ1n) is 6.41. The molecular formula is C12H26N2O2S. The van der Waals surface area contributed by atoms with Gasteiger partial charge in [-0.1, -0.05) is 26.7 Å². The highest BCUT2D eigenvalue weighted by Crippen LogP contribution is 2.27. The second-order valence-electron chi connectivity index (χ2n) is 6.05. The van der Waals surface area contributed by atoms with Crippen molar-refractivity contribution in [2.24, 2.45) is 17.1 Å². The summed E-state index contributed by atoms with van der Waals surface area (Å²) in [5.41, 5.74) is 5.48. The summed E-state index contributed by atoms with van der Waals surface area (Å²) in [6.45, 7) is 4.98. The van der Waals surface area contributed by atoms with Crippen LogP contribution >= 0.6 is 0 Å². The molecule has 0 aliphatic heterocycles. The molecule has 0 aromatic heterocycles. The van der Waals surface area contributed by atoms with E-state index in [1.165, 1.54) is 17.1 Å². The molecule has 0 spiro atoms. The SMILES string of the molecule is CN(CC(C)(C)CN)S(=O)(=O)CC1CCCC1. The number of nitrogens with zero attached hydrogens (tertiary/aromatic N) is 1. The van der Waals surface area contributed by atoms with Crippen LogP contribution in [0.1, 0.15) is 39.5 Å². The van der Waals surface area contributed by atoms with E-state index in [0.717, 1.165) is 12.8 Å². The lowest BCUT2D eigenvalue weighted by atomic mass is 9.94. The van der Waals surface area contributed by atoms with Gasteiger partial charge in [0.25, 0.3) is 0 Å². The van der Waals surface area contributed by atoms with E-state index in [-0.39, 0.29) is 5.41 Å². The van der Waals surface area contributed by atoms with Crippen LogP contribution in [0.2, 0.25) is 0 Å². The van der Waals surface area contributed by atoms with Crippen molar-refractivity contribution < 1.29 is 8.42 Å². The normalized spacial score (nSPS) is 19.1. The zero-order valence-electron chi connectivity index (χ0n) is 11.3. The first-order valence-corrected chi connectivity index (χ1v) is 8.02. The molecule has 1 aliphatic rings. The van der Waals surface area contributed by atoms with Gasteiger partial charge in [-0.3, -0.25) is 0 Å². The van der Waals surface area contributed by atoms with Crippen molar-refractivity contribution in [2.75, 3.05) is 25.9 Å². The van der Waals surface area contributed by atoms with Crippen LogP contribution in [-0.2, 0) is 10.0 Å². The Balaban J connectivity index is 2.56. The average Bonchev–Trinajstić information content (AvgIpc) is 2.69. The zero-order chi connectivity index (χ0) is 13.1. The smallest absolute Gasteiger partial charge is 0.214 e. The second kappa shape index (κ2) is 5.67. The minimum absolute atomic E-state index is 0.155. The van der Waals surface area contributed by atoms with E-state index in [4.69, 9.17) is 5.73 Å². The number of nitrogens with two attached hydrogens (primary N) is 1. The molecule has 102 valence electrons. The summed E-state index contributed by atoms with van der Waals surface area (Å²) in [6.07, 6.45) is 4.48. The molecule has 2 N–H and O–H groups in total. The molecule has 0 bridgehead atoms. The third kappa shape index (κ3) is 4.56. The van der Waals surface area contributed by atoms with Gasteiger partial charge in [-0.2, -0.15) is 0 Å². The fourth-order valence-corrected chi connectivity index (χ4v) is 4.10. The molecule has 0 aromatic carbocycles. The van der Waals surface area contributed by atoms with Crippen molar-refractivity contribution in [1.82, 2.24) is 4.31 Å². The van der Waals surface area contributed by atoms with Crippen LogP contribution in [0.25, 0.3) is 0 Å². The topological polar surface area (TPSA) is 63.4 Å². The van der Waals surface area contributed by atoms with Gasteiger partial charge in [-0.25, -0.2) is 12.7 Å². The maximum atomic E-state index is 12.2. The molecule has 0 aromatic rings. The molecule has 0 radical (unpaired) electrons. The fourth-order valence-electron chi connectivity index (χ4n) is 2.37. The maximum Gasteiger partial charge on any atom is 0.214 e. The van der Waals surface area contributed by atoms with Crippen molar-refractivity contribution in [1.29, 1.82) is 0 Å². The highest BCUT2D eigenvalue weighted by Gasteiger charge is 2.29. The van der Waals surface area contributed by atoms with Crippen molar-refractivity contribution in [2.45, 2.75) is 39.5 Å². The van der Waals surface area contributed by atoms with Crippen LogP contribution in [0.3, 0.4) is 0 Å². The van der Waals surface area contributed by atoms with Crippen molar-refractivity contribution in [3.8, 4) is 0 Å². The Morgan fingerprint density at radius 1 is 1.29 bits per heavy atom. The maximum absolute atomic E-state index is 12.2. The van der Waals surface area contributed by atoms with Gasteiger partial charge in [0.05, 0.1) is 5.75 Å². The van der Waals surface area contributed by atoms with Crippen LogP contribution in [0.5, 0.6) is 0 Å². The summed E-state index contributed by atoms with van der Waals surface area (Å²) in [7, 11) is -1.44. The number of sulfonamides is 1. The predicted molar refractivity (Wildman–Crippen MR) is 71.2 cm³/mol. The molecule has 0 heterocycles. The molecule has 1 aliphatic carbocycles. The predicted octanol–water partition coefficient (Wildman–Crippen LogP) is 1.42. The second-order valence-corrected chi connectivity index (χ2v) is 8.17. The minimum atomic E-state index is -3.11. The summed E-state index contributed by atoms with van der Waals surface area (Å²) in [5.74, 6) is 0.674. The number of hydrogen-bond donors (Lipinski definition) is 1. The summed E-state index contributed by atoms with van der Waals surface area (Å²) in [6, 6.07) is 0. The number of rotatable bonds is 6. The molecule has 17 heavy (non-hydrogen) atoms. The van der Waals surface area contributed by atoms with Crippen LogP contribution < -0.4 is 5.73 Å². The molecular weight excluding hydrogens is 236 g/mol. The van der Waals surface area contributed by atoms with Crippen LogP contribution in [0, 0.1) is 11.3 Å². The molecule has 0 unspecified atom stereocenters. The monoisotopic (exact) mass is 262 g/mol. The molecule has 1 fully saturated rings. The first-order chi connectivity index (χ1) is 7.77. The minimum Gasteiger partial charge on any atom is -0.330 e. The lowest BCUT2D eigenvalue weighted by molar-refractivity contribution is 0.290. The molecule has 0 amide bonds.